The van der Waals surface area contributed by atoms with E-state index in [-0.39, 0.29) is 12.1 Å². The van der Waals surface area contributed by atoms with Gasteiger partial charge in [-0.05, 0) is 85.3 Å². The molecule has 38 heavy (non-hydrogen) atoms. The van der Waals surface area contributed by atoms with Crippen LogP contribution in [0.25, 0.3) is 0 Å². The van der Waals surface area contributed by atoms with Gasteiger partial charge in [0.25, 0.3) is 0 Å². The van der Waals surface area contributed by atoms with Crippen LogP contribution in [0.5, 0.6) is 0 Å². The van der Waals surface area contributed by atoms with E-state index in [1.54, 1.807) is 0 Å². The van der Waals surface area contributed by atoms with Crippen LogP contribution in [0.15, 0.2) is 61.1 Å². The number of piperidine rings is 1. The van der Waals surface area contributed by atoms with Crippen molar-refractivity contribution in [3.8, 4) is 0 Å². The smallest absolute Gasteiger partial charge is 0.174 e. The van der Waals surface area contributed by atoms with Gasteiger partial charge in [0.15, 0.2) is 5.11 Å². The van der Waals surface area contributed by atoms with Gasteiger partial charge in [0.05, 0.1) is 28.5 Å². The van der Waals surface area contributed by atoms with Crippen molar-refractivity contribution in [2.75, 3.05) is 22.9 Å². The predicted octanol–water partition coefficient (Wildman–Crippen LogP) is 7.70. The lowest BCUT2D eigenvalue weighted by atomic mass is 9.91. The van der Waals surface area contributed by atoms with E-state index in [0.29, 0.717) is 23.0 Å². The molecular formula is C31H38ClN5S. The second kappa shape index (κ2) is 10.9. The van der Waals surface area contributed by atoms with E-state index >= 15 is 0 Å². The van der Waals surface area contributed by atoms with Crippen LogP contribution >= 0.6 is 23.8 Å². The lowest BCUT2D eigenvalue weighted by molar-refractivity contribution is 0.353. The summed E-state index contributed by atoms with van der Waals surface area (Å²) >= 11 is 13.0. The number of benzene rings is 1. The second-order valence-corrected chi connectivity index (χ2v) is 12.5. The topological polar surface area (TPSA) is 36.3 Å². The minimum absolute atomic E-state index is 0.0146. The number of halogens is 1. The molecule has 0 bridgehead atoms. The fourth-order valence-electron chi connectivity index (χ4n) is 6.95. The number of thiocarbonyl (C=S) groups is 1. The quantitative estimate of drug-likeness (QED) is 0.331. The maximum atomic E-state index is 6.99. The average Bonchev–Trinajstić information content (AvgIpc) is 3.54. The zero-order valence-electron chi connectivity index (χ0n) is 22.4. The highest BCUT2D eigenvalue weighted by Gasteiger charge is 2.41. The Hall–Kier alpha value is -2.57. The second-order valence-electron chi connectivity index (χ2n) is 11.7. The molecule has 4 unspecified atom stereocenters. The summed E-state index contributed by atoms with van der Waals surface area (Å²) in [6, 6.07) is 15.4. The summed E-state index contributed by atoms with van der Waals surface area (Å²) < 4.78 is 2.43. The highest BCUT2D eigenvalue weighted by molar-refractivity contribution is 7.80. The molecule has 1 aliphatic carbocycles. The highest BCUT2D eigenvalue weighted by Crippen LogP contribution is 2.44. The Morgan fingerprint density at radius 1 is 1.00 bits per heavy atom. The SMILES string of the molecule is CC1CC(C)CN(c2ccc(N3C(=S)NC(c4ccccn4)C3c3ccn(C4CCCCC4)c3)cc2Cl)C1. The summed E-state index contributed by atoms with van der Waals surface area (Å²) in [6.07, 6.45) is 14.2. The molecule has 0 amide bonds. The largest absolute Gasteiger partial charge is 0.370 e. The number of rotatable bonds is 5. The lowest BCUT2D eigenvalue weighted by Crippen LogP contribution is -2.38. The number of anilines is 2. The molecule has 200 valence electrons. The molecule has 1 aromatic carbocycles. The van der Waals surface area contributed by atoms with Crippen LogP contribution in [0.4, 0.5) is 11.4 Å². The van der Waals surface area contributed by atoms with Gasteiger partial charge in [-0.25, -0.2) is 0 Å². The van der Waals surface area contributed by atoms with E-state index in [1.807, 2.05) is 18.3 Å². The van der Waals surface area contributed by atoms with Gasteiger partial charge in [-0.3, -0.25) is 4.98 Å². The van der Waals surface area contributed by atoms with Crippen LogP contribution in [0.3, 0.4) is 0 Å². The fraction of sp³-hybridized carbons (Fsp3) is 0.484. The molecule has 1 N–H and O–H groups in total. The Kier molecular flexibility index (Phi) is 7.37. The summed E-state index contributed by atoms with van der Waals surface area (Å²) in [5.74, 6) is 1.34. The first-order chi connectivity index (χ1) is 18.5. The van der Waals surface area contributed by atoms with Crippen LogP contribution in [0.1, 0.15) is 81.8 Å². The Morgan fingerprint density at radius 3 is 2.50 bits per heavy atom. The van der Waals surface area contributed by atoms with Gasteiger partial charge in [-0.2, -0.15) is 0 Å². The number of hydrogen-bond donors (Lipinski definition) is 1. The van der Waals surface area contributed by atoms with Gasteiger partial charge in [-0.1, -0.05) is 50.8 Å². The molecule has 6 rings (SSSR count). The Morgan fingerprint density at radius 2 is 1.79 bits per heavy atom. The van der Waals surface area contributed by atoms with E-state index in [0.717, 1.165) is 35.2 Å². The molecule has 2 saturated heterocycles. The van der Waals surface area contributed by atoms with Gasteiger partial charge < -0.3 is 19.7 Å². The molecule has 4 heterocycles. The third kappa shape index (κ3) is 5.05. The molecule has 4 atom stereocenters. The summed E-state index contributed by atoms with van der Waals surface area (Å²) in [6.45, 7) is 6.76. The van der Waals surface area contributed by atoms with Gasteiger partial charge in [-0.15, -0.1) is 0 Å². The molecule has 7 heteroatoms. The monoisotopic (exact) mass is 547 g/mol. The van der Waals surface area contributed by atoms with E-state index < -0.39 is 0 Å². The van der Waals surface area contributed by atoms with Crippen LogP contribution < -0.4 is 15.1 Å². The first-order valence-corrected chi connectivity index (χ1v) is 15.0. The van der Waals surface area contributed by atoms with E-state index in [2.05, 4.69) is 76.3 Å². The van der Waals surface area contributed by atoms with Crippen molar-refractivity contribution in [1.82, 2.24) is 14.9 Å². The Labute approximate surface area is 237 Å². The first-order valence-electron chi connectivity index (χ1n) is 14.2. The van der Waals surface area contributed by atoms with Crippen molar-refractivity contribution in [2.45, 2.75) is 70.5 Å². The summed E-state index contributed by atoms with van der Waals surface area (Å²) in [4.78, 5) is 9.41. The van der Waals surface area contributed by atoms with Gasteiger partial charge in [0, 0.05) is 43.4 Å². The van der Waals surface area contributed by atoms with Crippen LogP contribution in [-0.2, 0) is 0 Å². The van der Waals surface area contributed by atoms with Crippen molar-refractivity contribution in [3.63, 3.8) is 0 Å². The minimum Gasteiger partial charge on any atom is -0.370 e. The summed E-state index contributed by atoms with van der Waals surface area (Å²) in [5.41, 5.74) is 4.38. The molecule has 3 aromatic rings. The highest BCUT2D eigenvalue weighted by atomic mass is 35.5. The molecule has 3 aliphatic rings. The molecule has 0 spiro atoms. The van der Waals surface area contributed by atoms with Crippen molar-refractivity contribution < 1.29 is 0 Å². The van der Waals surface area contributed by atoms with Crippen molar-refractivity contribution in [3.05, 3.63) is 77.3 Å². The summed E-state index contributed by atoms with van der Waals surface area (Å²) in [7, 11) is 0. The number of nitrogens with zero attached hydrogens (tertiary/aromatic N) is 4. The molecule has 2 aromatic heterocycles. The molecular weight excluding hydrogens is 510 g/mol. The third-order valence-corrected chi connectivity index (χ3v) is 9.21. The number of aromatic nitrogens is 2. The van der Waals surface area contributed by atoms with Crippen molar-refractivity contribution in [2.24, 2.45) is 11.8 Å². The van der Waals surface area contributed by atoms with Gasteiger partial charge >= 0.3 is 0 Å². The van der Waals surface area contributed by atoms with Crippen LogP contribution in [0.2, 0.25) is 5.02 Å². The fourth-order valence-corrected chi connectivity index (χ4v) is 7.59. The molecule has 2 aliphatic heterocycles. The predicted molar refractivity (Wildman–Crippen MR) is 161 cm³/mol. The normalized spacial score (nSPS) is 26.6. The maximum absolute atomic E-state index is 6.99. The molecule has 0 radical (unpaired) electrons. The molecule has 3 fully saturated rings. The lowest BCUT2D eigenvalue weighted by Gasteiger charge is -2.37. The van der Waals surface area contributed by atoms with Crippen molar-refractivity contribution in [1.29, 1.82) is 0 Å². The van der Waals surface area contributed by atoms with Crippen LogP contribution in [0, 0.1) is 11.8 Å². The summed E-state index contributed by atoms with van der Waals surface area (Å²) in [5, 5.41) is 5.09. The zero-order valence-corrected chi connectivity index (χ0v) is 24.0. The third-order valence-electron chi connectivity index (χ3n) is 8.59. The number of hydrogen-bond acceptors (Lipinski definition) is 3. The standard InChI is InChI=1S/C31H38ClN5S/c1-21-16-22(2)19-36(18-21)28-12-11-25(17-26(28)32)37-30(29(34-31(37)38)27-10-6-7-14-33-27)23-13-15-35(20-23)24-8-4-3-5-9-24/h6-7,10-15,17,20-22,24,29-30H,3-5,8-9,16,18-19H2,1-2H3,(H,34,38). The zero-order chi connectivity index (χ0) is 26.2. The first kappa shape index (κ1) is 25.7. The van der Waals surface area contributed by atoms with Crippen LogP contribution in [-0.4, -0.2) is 27.8 Å². The van der Waals surface area contributed by atoms with E-state index in [9.17, 15) is 0 Å². The Balaban J connectivity index is 1.35. The van der Waals surface area contributed by atoms with E-state index in [4.69, 9.17) is 28.8 Å². The van der Waals surface area contributed by atoms with Gasteiger partial charge in [0.1, 0.15) is 0 Å². The number of pyridine rings is 1. The number of nitrogens with one attached hydrogen (secondary N) is 1. The minimum atomic E-state index is -0.0480. The Bertz CT molecular complexity index is 1260. The maximum Gasteiger partial charge on any atom is 0.174 e. The average molecular weight is 548 g/mol. The van der Waals surface area contributed by atoms with E-state index in [1.165, 1.54) is 44.1 Å². The molecule has 5 nitrogen and oxygen atoms in total. The van der Waals surface area contributed by atoms with Crippen molar-refractivity contribution >= 4 is 40.3 Å². The van der Waals surface area contributed by atoms with Gasteiger partial charge in [0.2, 0.25) is 0 Å². The molecule has 1 saturated carbocycles.